The number of aromatic amines is 1. The van der Waals surface area contributed by atoms with E-state index in [-0.39, 0.29) is 29.8 Å². The smallest absolute Gasteiger partial charge is 0.418 e. The monoisotopic (exact) mass is 624 g/mol. The van der Waals surface area contributed by atoms with Crippen LogP contribution in [0.25, 0.3) is 22.2 Å². The molecule has 240 valence electrons. The highest BCUT2D eigenvalue weighted by Crippen LogP contribution is 2.34. The molecule has 4 aromatic rings. The van der Waals surface area contributed by atoms with E-state index in [2.05, 4.69) is 15.3 Å². The first-order valence-corrected chi connectivity index (χ1v) is 15.6. The molecule has 0 spiro atoms. The fourth-order valence-electron chi connectivity index (χ4n) is 6.31. The zero-order valence-electron chi connectivity index (χ0n) is 27.0. The average molecular weight is 625 g/mol. The van der Waals surface area contributed by atoms with Crippen LogP contribution < -0.4 is 5.32 Å². The van der Waals surface area contributed by atoms with Gasteiger partial charge in [-0.25, -0.2) is 4.79 Å². The van der Waals surface area contributed by atoms with Crippen LogP contribution in [-0.4, -0.2) is 85.0 Å². The van der Waals surface area contributed by atoms with E-state index in [1.165, 1.54) is 4.57 Å². The summed E-state index contributed by atoms with van der Waals surface area (Å²) in [7, 11) is 0. The summed E-state index contributed by atoms with van der Waals surface area (Å²) in [6.45, 7) is 12.0. The van der Waals surface area contributed by atoms with Gasteiger partial charge in [0.05, 0.1) is 17.8 Å². The molecule has 0 aliphatic carbocycles. The van der Waals surface area contributed by atoms with Crippen molar-refractivity contribution in [2.75, 3.05) is 13.1 Å². The predicted octanol–water partition coefficient (Wildman–Crippen LogP) is 5.08. The lowest BCUT2D eigenvalue weighted by Gasteiger charge is -2.39. The number of nitrogens with one attached hydrogen (secondary N) is 2. The number of nitrogens with zero attached hydrogens (tertiary/aromatic N) is 4. The molecule has 2 aliphatic heterocycles. The summed E-state index contributed by atoms with van der Waals surface area (Å²) in [4.78, 5) is 64.6. The Balaban J connectivity index is 1.11. The molecule has 11 heteroatoms. The maximum Gasteiger partial charge on any atom is 0.418 e. The zero-order chi connectivity index (χ0) is 33.0. The Bertz CT molecular complexity index is 1780. The fraction of sp³-hybridized carbons (Fsp3) is 0.400. The van der Waals surface area contributed by atoms with Crippen molar-refractivity contribution in [3.63, 3.8) is 0 Å². The zero-order valence-corrected chi connectivity index (χ0v) is 27.0. The number of rotatable bonds is 5. The summed E-state index contributed by atoms with van der Waals surface area (Å²) in [5.74, 6) is -0.682. The van der Waals surface area contributed by atoms with Crippen molar-refractivity contribution in [1.29, 1.82) is 0 Å². The molecule has 1 aromatic carbocycles. The second-order valence-corrected chi connectivity index (χ2v) is 14.2. The molecule has 2 N–H and O–H groups in total. The second kappa shape index (κ2) is 11.5. The molecular formula is C35H40N6O5. The third kappa shape index (κ3) is 6.01. The standard InChI is InChI=1S/C35H40N6O5/c1-34(2,3)29(38-30(42)27-16-21-10-7-8-11-25(21)37-27)32(44)41-20-23-17-24(41)19-40(23)31(43)26-14-13-22(18-36-26)28-12-9-15-39(28)33(45)46-35(4,5)6/h7-16,18,23-24,29,37H,17,19-20H2,1-6H3,(H,38,42)/t23-,24-,29+/m0/s1. The molecule has 2 fully saturated rings. The average Bonchev–Trinajstić information content (AvgIpc) is 3.80. The number of carbonyl (C=O) groups is 4. The van der Waals surface area contributed by atoms with Gasteiger partial charge in [0.2, 0.25) is 5.91 Å². The number of para-hydroxylation sites is 1. The molecular weight excluding hydrogens is 584 g/mol. The van der Waals surface area contributed by atoms with Gasteiger partial charge in [-0.1, -0.05) is 39.0 Å². The third-order valence-corrected chi connectivity index (χ3v) is 8.56. The number of aromatic nitrogens is 3. The largest absolute Gasteiger partial charge is 0.443 e. The maximum absolute atomic E-state index is 13.9. The topological polar surface area (TPSA) is 130 Å². The molecule has 0 radical (unpaired) electrons. The van der Waals surface area contributed by atoms with Crippen LogP contribution in [0.1, 0.15) is 68.9 Å². The summed E-state index contributed by atoms with van der Waals surface area (Å²) in [5.41, 5.74) is 1.66. The Labute approximate surface area is 267 Å². The molecule has 6 rings (SSSR count). The molecule has 11 nitrogen and oxygen atoms in total. The van der Waals surface area contributed by atoms with E-state index in [1.54, 1.807) is 47.6 Å². The molecule has 5 heterocycles. The summed E-state index contributed by atoms with van der Waals surface area (Å²) < 4.78 is 6.92. The van der Waals surface area contributed by atoms with E-state index in [4.69, 9.17) is 4.74 Å². The minimum Gasteiger partial charge on any atom is -0.443 e. The van der Waals surface area contributed by atoms with Gasteiger partial charge in [-0.05, 0) is 69.0 Å². The summed E-state index contributed by atoms with van der Waals surface area (Å²) >= 11 is 0. The fourth-order valence-corrected chi connectivity index (χ4v) is 6.31. The Kier molecular flexibility index (Phi) is 7.74. The van der Waals surface area contributed by atoms with Gasteiger partial charge in [-0.3, -0.25) is 23.9 Å². The number of benzene rings is 1. The number of fused-ring (bicyclic) bond motifs is 3. The summed E-state index contributed by atoms with van der Waals surface area (Å²) in [5, 5.41) is 3.91. The highest BCUT2D eigenvalue weighted by Gasteiger charge is 2.50. The van der Waals surface area contributed by atoms with Crippen LogP contribution in [0, 0.1) is 5.41 Å². The van der Waals surface area contributed by atoms with Crippen molar-refractivity contribution in [1.82, 2.24) is 29.7 Å². The molecule has 2 bridgehead atoms. The van der Waals surface area contributed by atoms with Gasteiger partial charge in [-0.15, -0.1) is 0 Å². The van der Waals surface area contributed by atoms with Crippen LogP contribution in [0.15, 0.2) is 67.0 Å². The Morgan fingerprint density at radius 2 is 1.65 bits per heavy atom. The number of piperazine rings is 1. The number of pyridine rings is 1. The molecule has 46 heavy (non-hydrogen) atoms. The Hall–Kier alpha value is -4.93. The molecule has 3 aromatic heterocycles. The van der Waals surface area contributed by atoms with Gasteiger partial charge in [0.1, 0.15) is 23.0 Å². The van der Waals surface area contributed by atoms with Crippen molar-refractivity contribution in [3.05, 3.63) is 78.4 Å². The van der Waals surface area contributed by atoms with E-state index in [0.29, 0.717) is 42.2 Å². The number of carbonyl (C=O) groups excluding carboxylic acids is 4. The lowest BCUT2D eigenvalue weighted by Crippen LogP contribution is -2.59. The maximum atomic E-state index is 13.9. The Morgan fingerprint density at radius 1 is 0.935 bits per heavy atom. The molecule has 0 saturated carbocycles. The van der Waals surface area contributed by atoms with Crippen LogP contribution in [0.2, 0.25) is 0 Å². The quantitative estimate of drug-likeness (QED) is 0.319. The van der Waals surface area contributed by atoms with Gasteiger partial charge >= 0.3 is 6.09 Å². The van der Waals surface area contributed by atoms with Crippen LogP contribution in [0.5, 0.6) is 0 Å². The van der Waals surface area contributed by atoms with Gasteiger partial charge in [0.25, 0.3) is 11.8 Å². The molecule has 2 aliphatic rings. The van der Waals surface area contributed by atoms with Gasteiger partial charge in [0.15, 0.2) is 0 Å². The van der Waals surface area contributed by atoms with Crippen LogP contribution in [0.3, 0.4) is 0 Å². The van der Waals surface area contributed by atoms with E-state index < -0.39 is 23.2 Å². The number of H-pyrrole nitrogens is 1. The molecule has 3 atom stereocenters. The number of hydrogen-bond acceptors (Lipinski definition) is 6. The van der Waals surface area contributed by atoms with E-state index in [1.807, 2.05) is 70.7 Å². The van der Waals surface area contributed by atoms with Crippen molar-refractivity contribution in [3.8, 4) is 11.3 Å². The van der Waals surface area contributed by atoms with Crippen LogP contribution in [-0.2, 0) is 9.53 Å². The SMILES string of the molecule is CC(C)(C)OC(=O)n1cccc1-c1ccc(C(=O)N2C[C@@H]3C[C@H]2CN3C(=O)[C@@H](NC(=O)c2cc3ccccc3[nH]2)C(C)(C)C)nc1. The lowest BCUT2D eigenvalue weighted by atomic mass is 9.85. The first-order chi connectivity index (χ1) is 21.7. The van der Waals surface area contributed by atoms with Crippen molar-refractivity contribution in [2.24, 2.45) is 5.41 Å². The number of hydrogen-bond donors (Lipinski definition) is 2. The van der Waals surface area contributed by atoms with E-state index in [0.717, 1.165) is 10.9 Å². The summed E-state index contributed by atoms with van der Waals surface area (Å²) in [6.07, 6.45) is 3.39. The Morgan fingerprint density at radius 3 is 2.28 bits per heavy atom. The number of likely N-dealkylation sites (tertiary alicyclic amines) is 2. The second-order valence-electron chi connectivity index (χ2n) is 14.2. The minimum atomic E-state index is -0.747. The van der Waals surface area contributed by atoms with E-state index in [9.17, 15) is 19.2 Å². The third-order valence-electron chi connectivity index (χ3n) is 8.56. The van der Waals surface area contributed by atoms with Crippen LogP contribution in [0.4, 0.5) is 4.79 Å². The number of ether oxygens (including phenoxy) is 1. The van der Waals surface area contributed by atoms with Crippen molar-refractivity contribution >= 4 is 34.7 Å². The van der Waals surface area contributed by atoms with E-state index >= 15 is 0 Å². The van der Waals surface area contributed by atoms with Crippen molar-refractivity contribution in [2.45, 2.75) is 71.7 Å². The minimum absolute atomic E-state index is 0.141. The first-order valence-electron chi connectivity index (χ1n) is 15.6. The van der Waals surface area contributed by atoms with Crippen molar-refractivity contribution < 1.29 is 23.9 Å². The van der Waals surface area contributed by atoms with Crippen LogP contribution >= 0.6 is 0 Å². The first kappa shape index (κ1) is 31.1. The van der Waals surface area contributed by atoms with Gasteiger partial charge in [-0.2, -0.15) is 0 Å². The molecule has 2 saturated heterocycles. The highest BCUT2D eigenvalue weighted by molar-refractivity contribution is 6.00. The predicted molar refractivity (Wildman–Crippen MR) is 173 cm³/mol. The summed E-state index contributed by atoms with van der Waals surface area (Å²) in [6, 6.07) is 15.4. The lowest BCUT2D eigenvalue weighted by molar-refractivity contribution is -0.138. The molecule has 0 unspecified atom stereocenters. The normalized spacial score (nSPS) is 18.6. The highest BCUT2D eigenvalue weighted by atomic mass is 16.6. The molecule has 3 amide bonds. The van der Waals surface area contributed by atoms with Gasteiger partial charge < -0.3 is 24.8 Å². The van der Waals surface area contributed by atoms with Gasteiger partial charge in [0, 0.05) is 41.9 Å². The number of amides is 3.